The van der Waals surface area contributed by atoms with E-state index in [0.29, 0.717) is 17.2 Å². The second-order valence-corrected chi connectivity index (χ2v) is 5.05. The van der Waals surface area contributed by atoms with Gasteiger partial charge in [-0.15, -0.1) is 0 Å². The lowest BCUT2D eigenvalue weighted by Crippen LogP contribution is -1.96. The molecule has 0 aliphatic heterocycles. The first kappa shape index (κ1) is 15.0. The molecule has 0 bridgehead atoms. The Morgan fingerprint density at radius 2 is 2.00 bits per heavy atom. The van der Waals surface area contributed by atoms with Gasteiger partial charge in [0.05, 0.1) is 11.5 Å². The molecule has 0 heterocycles. The van der Waals surface area contributed by atoms with Crippen LogP contribution in [-0.4, -0.2) is 10.0 Å². The summed E-state index contributed by atoms with van der Waals surface area (Å²) in [6.07, 6.45) is 0. The van der Waals surface area contributed by atoms with Gasteiger partial charge in [0.2, 0.25) is 5.75 Å². The number of aliphatic hydroxyl groups is 1. The lowest BCUT2D eigenvalue weighted by Gasteiger charge is -2.10. The summed E-state index contributed by atoms with van der Waals surface area (Å²) in [5.41, 5.74) is 1.42. The Morgan fingerprint density at radius 3 is 2.62 bits per heavy atom. The fraction of sp³-hybridized carbons (Fsp3) is 0.250. The van der Waals surface area contributed by atoms with Crippen LogP contribution in [0.3, 0.4) is 0 Å². The quantitative estimate of drug-likeness (QED) is 0.666. The molecule has 0 radical (unpaired) electrons. The normalized spacial score (nSPS) is 10.7. The number of hydrogen-bond donors (Lipinski definition) is 1. The number of nitro groups is 1. The molecule has 2 aromatic rings. The van der Waals surface area contributed by atoms with Gasteiger partial charge in [-0.1, -0.05) is 32.0 Å². The van der Waals surface area contributed by atoms with E-state index in [1.165, 1.54) is 12.1 Å². The van der Waals surface area contributed by atoms with Crippen molar-refractivity contribution in [2.75, 3.05) is 0 Å². The fourth-order valence-electron chi connectivity index (χ4n) is 1.95. The van der Waals surface area contributed by atoms with Crippen molar-refractivity contribution >= 4 is 5.69 Å². The summed E-state index contributed by atoms with van der Waals surface area (Å²) in [6, 6.07) is 11.9. The zero-order valence-corrected chi connectivity index (χ0v) is 11.9. The number of aliphatic hydroxyl groups excluding tert-OH is 1. The smallest absolute Gasteiger partial charge is 0.311 e. The standard InChI is InChI=1S/C16H17NO4/c1-11(2)13-4-3-5-14(9-13)21-16-7-6-12(10-18)8-15(16)17(19)20/h3-9,11,18H,10H2,1-2H3. The van der Waals surface area contributed by atoms with Gasteiger partial charge in [-0.05, 0) is 35.2 Å². The predicted octanol–water partition coefficient (Wildman–Crippen LogP) is 4.00. The zero-order valence-electron chi connectivity index (χ0n) is 11.9. The van der Waals surface area contributed by atoms with Crippen molar-refractivity contribution in [3.05, 3.63) is 63.7 Å². The highest BCUT2D eigenvalue weighted by molar-refractivity contribution is 5.50. The Bertz CT molecular complexity index is 652. The van der Waals surface area contributed by atoms with Crippen molar-refractivity contribution in [3.63, 3.8) is 0 Å². The molecule has 0 aliphatic rings. The van der Waals surface area contributed by atoms with E-state index in [-0.39, 0.29) is 18.0 Å². The topological polar surface area (TPSA) is 72.6 Å². The van der Waals surface area contributed by atoms with E-state index in [0.717, 1.165) is 5.56 Å². The molecular weight excluding hydrogens is 270 g/mol. The molecule has 5 heteroatoms. The minimum absolute atomic E-state index is 0.156. The molecule has 0 amide bonds. The van der Waals surface area contributed by atoms with Crippen LogP contribution >= 0.6 is 0 Å². The van der Waals surface area contributed by atoms with Gasteiger partial charge < -0.3 is 9.84 Å². The van der Waals surface area contributed by atoms with Gasteiger partial charge in [-0.3, -0.25) is 10.1 Å². The summed E-state index contributed by atoms with van der Waals surface area (Å²) >= 11 is 0. The Balaban J connectivity index is 2.35. The van der Waals surface area contributed by atoms with E-state index in [1.807, 2.05) is 18.2 Å². The maximum Gasteiger partial charge on any atom is 0.311 e. The summed E-state index contributed by atoms with van der Waals surface area (Å²) in [5.74, 6) is 1.07. The minimum atomic E-state index is -0.513. The molecule has 0 aromatic heterocycles. The van der Waals surface area contributed by atoms with Crippen molar-refractivity contribution in [3.8, 4) is 11.5 Å². The van der Waals surface area contributed by atoms with Gasteiger partial charge in [0, 0.05) is 6.07 Å². The first-order valence-electron chi connectivity index (χ1n) is 6.67. The van der Waals surface area contributed by atoms with Crippen LogP contribution in [0.5, 0.6) is 11.5 Å². The summed E-state index contributed by atoms with van der Waals surface area (Å²) in [4.78, 5) is 10.6. The summed E-state index contributed by atoms with van der Waals surface area (Å²) in [7, 11) is 0. The van der Waals surface area contributed by atoms with Gasteiger partial charge in [0.1, 0.15) is 5.75 Å². The highest BCUT2D eigenvalue weighted by Crippen LogP contribution is 2.33. The Morgan fingerprint density at radius 1 is 1.24 bits per heavy atom. The minimum Gasteiger partial charge on any atom is -0.450 e. The molecule has 5 nitrogen and oxygen atoms in total. The molecule has 21 heavy (non-hydrogen) atoms. The van der Waals surface area contributed by atoms with E-state index >= 15 is 0 Å². The number of rotatable bonds is 5. The second kappa shape index (κ2) is 6.37. The Kier molecular flexibility index (Phi) is 4.55. The lowest BCUT2D eigenvalue weighted by molar-refractivity contribution is -0.385. The van der Waals surface area contributed by atoms with E-state index in [4.69, 9.17) is 9.84 Å². The molecule has 0 saturated heterocycles. The lowest BCUT2D eigenvalue weighted by atomic mass is 10.0. The molecule has 0 atom stereocenters. The molecule has 1 N–H and O–H groups in total. The monoisotopic (exact) mass is 287 g/mol. The summed E-state index contributed by atoms with van der Waals surface area (Å²) in [5, 5.41) is 20.2. The molecular formula is C16H17NO4. The third-order valence-electron chi connectivity index (χ3n) is 3.16. The molecule has 0 saturated carbocycles. The number of hydrogen-bond acceptors (Lipinski definition) is 4. The average Bonchev–Trinajstić information content (AvgIpc) is 2.47. The first-order chi connectivity index (χ1) is 10.0. The van der Waals surface area contributed by atoms with Gasteiger partial charge in [-0.25, -0.2) is 0 Å². The average molecular weight is 287 g/mol. The van der Waals surface area contributed by atoms with Crippen molar-refractivity contribution in [2.45, 2.75) is 26.4 Å². The Labute approximate surface area is 123 Å². The third kappa shape index (κ3) is 3.58. The maximum absolute atomic E-state index is 11.1. The SMILES string of the molecule is CC(C)c1cccc(Oc2ccc(CO)cc2[N+](=O)[O-])c1. The van der Waals surface area contributed by atoms with Crippen molar-refractivity contribution in [2.24, 2.45) is 0 Å². The van der Waals surface area contributed by atoms with E-state index in [9.17, 15) is 10.1 Å². The van der Waals surface area contributed by atoms with Crippen molar-refractivity contribution < 1.29 is 14.8 Å². The highest BCUT2D eigenvalue weighted by atomic mass is 16.6. The molecule has 0 spiro atoms. The zero-order chi connectivity index (χ0) is 15.4. The van der Waals surface area contributed by atoms with Gasteiger partial charge in [0.15, 0.2) is 0 Å². The van der Waals surface area contributed by atoms with Crippen LogP contribution in [0.25, 0.3) is 0 Å². The van der Waals surface area contributed by atoms with Crippen LogP contribution in [-0.2, 0) is 6.61 Å². The number of nitro benzene ring substituents is 1. The Hall–Kier alpha value is -2.40. The second-order valence-electron chi connectivity index (χ2n) is 5.05. The van der Waals surface area contributed by atoms with E-state index in [2.05, 4.69) is 13.8 Å². The van der Waals surface area contributed by atoms with Crippen LogP contribution in [0.2, 0.25) is 0 Å². The number of benzene rings is 2. The molecule has 2 aromatic carbocycles. The van der Waals surface area contributed by atoms with Gasteiger partial charge >= 0.3 is 5.69 Å². The molecule has 0 aliphatic carbocycles. The van der Waals surface area contributed by atoms with Crippen LogP contribution in [0.4, 0.5) is 5.69 Å². The fourth-order valence-corrected chi connectivity index (χ4v) is 1.95. The van der Waals surface area contributed by atoms with Gasteiger partial charge in [0.25, 0.3) is 0 Å². The van der Waals surface area contributed by atoms with Crippen LogP contribution in [0.1, 0.15) is 30.9 Å². The molecule has 2 rings (SSSR count). The van der Waals surface area contributed by atoms with Crippen LogP contribution in [0, 0.1) is 10.1 Å². The van der Waals surface area contributed by atoms with Crippen LogP contribution < -0.4 is 4.74 Å². The third-order valence-corrected chi connectivity index (χ3v) is 3.16. The molecule has 110 valence electrons. The van der Waals surface area contributed by atoms with Crippen molar-refractivity contribution in [1.82, 2.24) is 0 Å². The van der Waals surface area contributed by atoms with Gasteiger partial charge in [-0.2, -0.15) is 0 Å². The van der Waals surface area contributed by atoms with E-state index in [1.54, 1.807) is 12.1 Å². The highest BCUT2D eigenvalue weighted by Gasteiger charge is 2.17. The summed E-state index contributed by atoms with van der Waals surface area (Å²) in [6.45, 7) is 3.89. The molecule has 0 unspecified atom stereocenters. The van der Waals surface area contributed by atoms with Crippen molar-refractivity contribution in [1.29, 1.82) is 0 Å². The van der Waals surface area contributed by atoms with E-state index < -0.39 is 4.92 Å². The van der Waals surface area contributed by atoms with Crippen LogP contribution in [0.15, 0.2) is 42.5 Å². The molecule has 0 fully saturated rings. The predicted molar refractivity (Wildman–Crippen MR) is 79.6 cm³/mol. The summed E-state index contributed by atoms with van der Waals surface area (Å²) < 4.78 is 5.64. The first-order valence-corrected chi connectivity index (χ1v) is 6.67. The maximum atomic E-state index is 11.1. The largest absolute Gasteiger partial charge is 0.450 e. The number of ether oxygens (including phenoxy) is 1. The number of nitrogens with zero attached hydrogens (tertiary/aromatic N) is 1.